The van der Waals surface area contributed by atoms with Crippen molar-refractivity contribution in [3.8, 4) is 0 Å². The van der Waals surface area contributed by atoms with Crippen molar-refractivity contribution < 1.29 is 42.0 Å². The van der Waals surface area contributed by atoms with Crippen molar-refractivity contribution in [2.75, 3.05) is 24.7 Å². The van der Waals surface area contributed by atoms with Gasteiger partial charge in [-0.15, -0.1) is 9.62 Å². The number of nitrogens with one attached hydrogen (secondary N) is 1. The number of rotatable bonds is 10. The lowest BCUT2D eigenvalue weighted by molar-refractivity contribution is -0.0574. The maximum atomic E-state index is 15.2. The van der Waals surface area contributed by atoms with Crippen LogP contribution in [0.3, 0.4) is 0 Å². The zero-order chi connectivity index (χ0) is 31.3. The normalized spacial score (nSPS) is 29.0. The van der Waals surface area contributed by atoms with Gasteiger partial charge in [0.15, 0.2) is 41.3 Å². The third-order valence-electron chi connectivity index (χ3n) is 6.74. The second-order valence-corrected chi connectivity index (χ2v) is 14.1. The summed E-state index contributed by atoms with van der Waals surface area (Å²) in [5.74, 6) is -0.142. The molecule has 2 unspecified atom stereocenters. The second-order valence-electron chi connectivity index (χ2n) is 9.57. The van der Waals surface area contributed by atoms with Gasteiger partial charge in [-0.3, -0.25) is 14.3 Å². The van der Waals surface area contributed by atoms with E-state index in [-0.39, 0.29) is 47.1 Å². The summed E-state index contributed by atoms with van der Waals surface area (Å²) < 4.78 is 56.8. The number of alkyl halides is 1. The van der Waals surface area contributed by atoms with E-state index < -0.39 is 69.2 Å². The van der Waals surface area contributed by atoms with Gasteiger partial charge in [0.25, 0.3) is 5.56 Å². The van der Waals surface area contributed by atoms with Crippen LogP contribution in [0, 0.1) is 0 Å². The van der Waals surface area contributed by atoms with E-state index in [4.69, 9.17) is 46.3 Å². The van der Waals surface area contributed by atoms with E-state index >= 15 is 4.39 Å². The molecule has 0 saturated carbocycles. The molecule has 6 heterocycles. The number of aromatic nitrogens is 9. The molecule has 25 heteroatoms. The highest BCUT2D eigenvalue weighted by atomic mass is 32.7. The number of aromatic amines is 1. The maximum Gasteiger partial charge on any atom is 0.582 e. The average molecular weight is 695 g/mol. The minimum absolute atomic E-state index is 0.0137. The molecule has 0 aliphatic carbocycles. The number of aliphatic hydroxyl groups excluding tert-OH is 1. The predicted octanol–water partition coefficient (Wildman–Crippen LogP) is -0.375. The molecule has 0 spiro atoms. The van der Waals surface area contributed by atoms with Gasteiger partial charge in [-0.25, -0.2) is 19.3 Å². The summed E-state index contributed by atoms with van der Waals surface area (Å²) in [6, 6.07) is 0. The second kappa shape index (κ2) is 12.2. The Bertz CT molecular complexity index is 1830. The minimum atomic E-state index is -4.15. The number of hydrogen-bond donors (Lipinski definition) is 6. The first-order valence-electron chi connectivity index (χ1n) is 12.5. The average Bonchev–Trinajstić information content (AvgIpc) is 3.73. The lowest BCUT2D eigenvalue weighted by Gasteiger charge is -2.25. The van der Waals surface area contributed by atoms with Crippen molar-refractivity contribution in [1.82, 2.24) is 44.5 Å². The molecule has 9 atom stereocenters. The van der Waals surface area contributed by atoms with Gasteiger partial charge in [0.1, 0.15) is 49.0 Å². The fourth-order valence-electron chi connectivity index (χ4n) is 4.80. The van der Waals surface area contributed by atoms with Gasteiger partial charge in [0.05, 0.1) is 19.0 Å². The molecule has 0 radical (unpaired) electrons. The number of ether oxygens (including phenoxy) is 2. The lowest BCUT2D eigenvalue weighted by atomic mass is 10.1. The minimum Gasteiger partial charge on any atom is -0.387 e. The molecular formula is C19H23FN11O9P2S2+. The van der Waals surface area contributed by atoms with E-state index in [0.29, 0.717) is 0 Å². The molecule has 0 bridgehead atoms. The van der Waals surface area contributed by atoms with Gasteiger partial charge < -0.3 is 40.0 Å². The number of imidazole rings is 1. The Morgan fingerprint density at radius 1 is 1.23 bits per heavy atom. The molecular weight excluding hydrogens is 671 g/mol. The molecule has 2 saturated heterocycles. The summed E-state index contributed by atoms with van der Waals surface area (Å²) in [7, 11) is -2.26. The van der Waals surface area contributed by atoms with Crippen molar-refractivity contribution in [1.29, 1.82) is 0 Å². The first-order valence-corrected chi connectivity index (χ1v) is 17.5. The molecule has 0 aromatic carbocycles. The SMILES string of the molecule is Nc1nc2c(nnn2[C@@H]2O[C@H](CO[P+](=O)S)C[C@H]2OP(O)(=S)OC[C@H]2O[C@@H](n3cnc4c(N)ncnc43)[C@@H](F)[C@@H]2O)c(=O)[nH]1. The van der Waals surface area contributed by atoms with Crippen LogP contribution in [-0.4, -0.2) is 98.3 Å². The lowest BCUT2D eigenvalue weighted by Crippen LogP contribution is -2.31. The summed E-state index contributed by atoms with van der Waals surface area (Å²) in [4.78, 5) is 41.5. The molecule has 4 aromatic heterocycles. The van der Waals surface area contributed by atoms with Crippen LogP contribution in [0.15, 0.2) is 17.4 Å². The number of thiol groups is 1. The number of H-pyrrole nitrogens is 1. The zero-order valence-electron chi connectivity index (χ0n) is 21.9. The standard InChI is InChI=1S/C19H22FN11O9P2S2/c20-9-12(32)8(39-18(9)30-5-25-10-13(21)23-4-24-14(10)30)3-37-42(35,44)40-7-1-6(2-36-41(34)43)38-17(7)31-15-11(28-29-31)16(33)27-19(22)26-15/h4-9,12,17-18,32H,1-3H2,(H6-,21,22,23,24,26,27,29,33,34,35,43,44)/p+1/t6-,7+,8+,9-,12+,17+,18+,42?/m0/s1. The van der Waals surface area contributed by atoms with Crippen LogP contribution in [0.2, 0.25) is 0 Å². The molecule has 6 rings (SSSR count). The van der Waals surface area contributed by atoms with Crippen LogP contribution in [0.25, 0.3) is 22.3 Å². The number of halogens is 1. The zero-order valence-corrected chi connectivity index (χ0v) is 25.4. The van der Waals surface area contributed by atoms with E-state index in [9.17, 15) is 19.4 Å². The van der Waals surface area contributed by atoms with Crippen LogP contribution < -0.4 is 17.0 Å². The van der Waals surface area contributed by atoms with E-state index in [1.165, 1.54) is 17.2 Å². The first-order chi connectivity index (χ1) is 20.9. The van der Waals surface area contributed by atoms with Crippen LogP contribution in [0.5, 0.6) is 0 Å². The number of hydrogen-bond acceptors (Lipinski definition) is 17. The third kappa shape index (κ3) is 6.05. The summed E-state index contributed by atoms with van der Waals surface area (Å²) in [5.41, 5.74) is 11.0. The van der Waals surface area contributed by atoms with Crippen LogP contribution in [-0.2, 0) is 39.4 Å². The van der Waals surface area contributed by atoms with Gasteiger partial charge in [-0.1, -0.05) is 5.21 Å². The topological polar surface area (TPSA) is 276 Å². The van der Waals surface area contributed by atoms with Gasteiger partial charge in [-0.05, 0) is 16.4 Å². The summed E-state index contributed by atoms with van der Waals surface area (Å²) in [6.45, 7) is -4.91. The smallest absolute Gasteiger partial charge is 0.387 e. The van der Waals surface area contributed by atoms with Gasteiger partial charge in [0, 0.05) is 6.42 Å². The molecule has 2 aliphatic heterocycles. The Morgan fingerprint density at radius 2 is 2.02 bits per heavy atom. The van der Waals surface area contributed by atoms with Crippen molar-refractivity contribution >= 4 is 72.1 Å². The Hall–Kier alpha value is -2.82. The van der Waals surface area contributed by atoms with Gasteiger partial charge in [0.2, 0.25) is 5.95 Å². The molecule has 2 fully saturated rings. The highest BCUT2D eigenvalue weighted by Gasteiger charge is 2.47. The highest BCUT2D eigenvalue weighted by Crippen LogP contribution is 2.50. The Morgan fingerprint density at radius 3 is 2.80 bits per heavy atom. The number of aliphatic hydroxyl groups is 1. The number of nitrogens with two attached hydrogens (primary N) is 2. The molecule has 44 heavy (non-hydrogen) atoms. The summed E-state index contributed by atoms with van der Waals surface area (Å²) in [5, 5.41) is 18.3. The molecule has 20 nitrogen and oxygen atoms in total. The molecule has 2 aliphatic rings. The van der Waals surface area contributed by atoms with E-state index in [0.717, 1.165) is 4.68 Å². The van der Waals surface area contributed by atoms with Crippen molar-refractivity contribution in [2.24, 2.45) is 0 Å². The Labute approximate surface area is 255 Å². The van der Waals surface area contributed by atoms with E-state index in [2.05, 4.69) is 47.5 Å². The molecule has 0 amide bonds. The fraction of sp³-hybridized carbons (Fsp3) is 0.526. The summed E-state index contributed by atoms with van der Waals surface area (Å²) in [6.07, 6.45) is -6.87. The van der Waals surface area contributed by atoms with Crippen LogP contribution in [0.4, 0.5) is 16.2 Å². The van der Waals surface area contributed by atoms with Crippen LogP contribution in [0.1, 0.15) is 18.9 Å². The van der Waals surface area contributed by atoms with E-state index in [1.807, 2.05) is 0 Å². The highest BCUT2D eigenvalue weighted by molar-refractivity contribution is 8.39. The Balaban J connectivity index is 1.17. The Kier molecular flexibility index (Phi) is 8.63. The largest absolute Gasteiger partial charge is 0.582 e. The number of nitrogen functional groups attached to an aromatic ring is 2. The number of anilines is 2. The summed E-state index contributed by atoms with van der Waals surface area (Å²) >= 11 is 8.91. The van der Waals surface area contributed by atoms with Crippen molar-refractivity contribution in [2.45, 2.75) is 49.5 Å². The van der Waals surface area contributed by atoms with Crippen LogP contribution >= 0.6 is 26.2 Å². The predicted molar refractivity (Wildman–Crippen MR) is 153 cm³/mol. The van der Waals surface area contributed by atoms with Crippen molar-refractivity contribution in [3.05, 3.63) is 23.0 Å². The maximum absolute atomic E-state index is 15.2. The van der Waals surface area contributed by atoms with Crippen molar-refractivity contribution in [3.63, 3.8) is 0 Å². The first kappa shape index (κ1) is 31.2. The number of fused-ring (bicyclic) bond motifs is 2. The molecule has 7 N–H and O–H groups in total. The van der Waals surface area contributed by atoms with E-state index in [1.54, 1.807) is 0 Å². The fourth-order valence-corrected chi connectivity index (χ4v) is 6.74. The number of nitrogens with zero attached hydrogens (tertiary/aromatic N) is 8. The molecule has 4 aromatic rings. The quantitative estimate of drug-likeness (QED) is 0.0912. The molecule has 236 valence electrons. The third-order valence-corrected chi connectivity index (χ3v) is 9.04. The van der Waals surface area contributed by atoms with Gasteiger partial charge in [-0.2, -0.15) is 9.67 Å². The van der Waals surface area contributed by atoms with Gasteiger partial charge >= 0.3 is 13.9 Å². The monoisotopic (exact) mass is 694 g/mol.